The summed E-state index contributed by atoms with van der Waals surface area (Å²) in [7, 11) is 1.71. The van der Waals surface area contributed by atoms with E-state index in [1.807, 2.05) is 66.7 Å². The number of hydrogen-bond donors (Lipinski definition) is 2. The van der Waals surface area contributed by atoms with Crippen LogP contribution in [0.25, 0.3) is 0 Å². The molecule has 2 rings (SSSR count). The average Bonchev–Trinajstić information content (AvgIpc) is 3.16. The van der Waals surface area contributed by atoms with Crippen LogP contribution >= 0.6 is 0 Å². The summed E-state index contributed by atoms with van der Waals surface area (Å²) in [5, 5.41) is 6.31. The first-order chi connectivity index (χ1) is 12.2. The number of likely N-dealkylation sites (N-methyl/N-ethyl adjacent to an activating group) is 1. The topological polar surface area (TPSA) is 61.7 Å². The lowest BCUT2D eigenvalue weighted by atomic mass is 10.2. The Bertz CT molecular complexity index is 652. The lowest BCUT2D eigenvalue weighted by Crippen LogP contribution is -2.45. The molecular weight excluding hydrogens is 314 g/mol. The van der Waals surface area contributed by atoms with Gasteiger partial charge in [0.05, 0.1) is 6.54 Å². The molecule has 0 spiro atoms. The van der Waals surface area contributed by atoms with Gasteiger partial charge in [-0.1, -0.05) is 30.3 Å². The van der Waals surface area contributed by atoms with Gasteiger partial charge in [-0.05, 0) is 24.6 Å². The zero-order chi connectivity index (χ0) is 17.9. The molecule has 6 heteroatoms. The van der Waals surface area contributed by atoms with Gasteiger partial charge in [-0.15, -0.1) is 0 Å². The Morgan fingerprint density at radius 2 is 1.84 bits per heavy atom. The summed E-state index contributed by atoms with van der Waals surface area (Å²) in [6.07, 6.45) is 4.04. The Morgan fingerprint density at radius 1 is 1.12 bits per heavy atom. The van der Waals surface area contributed by atoms with Crippen LogP contribution in [-0.4, -0.2) is 48.0 Å². The number of carbonyl (C=O) groups is 1. The molecule has 2 N–H and O–H groups in total. The van der Waals surface area contributed by atoms with Gasteiger partial charge in [-0.3, -0.25) is 9.79 Å². The molecule has 0 bridgehead atoms. The van der Waals surface area contributed by atoms with Crippen LogP contribution in [0, 0.1) is 0 Å². The van der Waals surface area contributed by atoms with E-state index in [2.05, 4.69) is 20.2 Å². The fraction of sp³-hybridized carbons (Fsp3) is 0.368. The molecule has 0 aliphatic heterocycles. The predicted molar refractivity (Wildman–Crippen MR) is 101 cm³/mol. The molecule has 1 amide bonds. The van der Waals surface area contributed by atoms with Crippen molar-refractivity contribution in [2.75, 3.05) is 26.7 Å². The number of carbonyl (C=O) groups excluding carboxylic acids is 1. The highest BCUT2D eigenvalue weighted by molar-refractivity contribution is 5.86. The first-order valence-electron chi connectivity index (χ1n) is 8.60. The highest BCUT2D eigenvalue weighted by Gasteiger charge is 2.12. The van der Waals surface area contributed by atoms with Gasteiger partial charge in [0.15, 0.2) is 5.96 Å². The summed E-state index contributed by atoms with van der Waals surface area (Å²) in [6.45, 7) is 5.10. The molecule has 1 aromatic carbocycles. The van der Waals surface area contributed by atoms with Gasteiger partial charge in [0.2, 0.25) is 5.91 Å². The van der Waals surface area contributed by atoms with Gasteiger partial charge in [0.1, 0.15) is 0 Å². The summed E-state index contributed by atoms with van der Waals surface area (Å²) in [5.74, 6) is 0.691. The van der Waals surface area contributed by atoms with Gasteiger partial charge < -0.3 is 20.1 Å². The minimum Gasteiger partial charge on any atom is -0.355 e. The zero-order valence-corrected chi connectivity index (χ0v) is 15.0. The second-order valence-corrected chi connectivity index (χ2v) is 5.67. The maximum atomic E-state index is 12.4. The molecule has 1 aromatic heterocycles. The Balaban J connectivity index is 1.75. The average molecular weight is 341 g/mol. The number of nitrogens with zero attached hydrogens (tertiary/aromatic N) is 3. The standard InChI is InChI=1S/C19H27N5O/c1-3-24(16-17-9-5-4-6-10-17)18(25)15-22-19(20-2)21-11-14-23-12-7-8-13-23/h4-10,12-13H,3,11,14-16H2,1-2H3,(H2,20,21,22). The summed E-state index contributed by atoms with van der Waals surface area (Å²) in [5.41, 5.74) is 1.13. The molecule has 0 radical (unpaired) electrons. The number of hydrogen-bond acceptors (Lipinski definition) is 2. The molecule has 0 saturated carbocycles. The lowest BCUT2D eigenvalue weighted by Gasteiger charge is -2.22. The third-order valence-electron chi connectivity index (χ3n) is 3.91. The van der Waals surface area contributed by atoms with Gasteiger partial charge in [0, 0.05) is 45.6 Å². The van der Waals surface area contributed by atoms with Crippen molar-refractivity contribution < 1.29 is 4.79 Å². The third-order valence-corrected chi connectivity index (χ3v) is 3.91. The van der Waals surface area contributed by atoms with Crippen molar-refractivity contribution in [2.45, 2.75) is 20.0 Å². The number of nitrogens with one attached hydrogen (secondary N) is 2. The summed E-state index contributed by atoms with van der Waals surface area (Å²) in [4.78, 5) is 18.4. The molecule has 0 saturated heterocycles. The summed E-state index contributed by atoms with van der Waals surface area (Å²) in [6, 6.07) is 14.0. The number of aromatic nitrogens is 1. The Hall–Kier alpha value is -2.76. The maximum absolute atomic E-state index is 12.4. The van der Waals surface area contributed by atoms with Crippen molar-refractivity contribution in [1.29, 1.82) is 0 Å². The van der Waals surface area contributed by atoms with Crippen molar-refractivity contribution >= 4 is 11.9 Å². The van der Waals surface area contributed by atoms with E-state index in [0.29, 0.717) is 19.0 Å². The van der Waals surface area contributed by atoms with Gasteiger partial charge in [-0.2, -0.15) is 0 Å². The zero-order valence-electron chi connectivity index (χ0n) is 15.0. The third kappa shape index (κ3) is 6.33. The Kier molecular flexibility index (Phi) is 7.56. The smallest absolute Gasteiger partial charge is 0.242 e. The molecule has 134 valence electrons. The van der Waals surface area contributed by atoms with Gasteiger partial charge in [-0.25, -0.2) is 0 Å². The number of benzene rings is 1. The first kappa shape index (κ1) is 18.6. The molecular formula is C19H27N5O. The minimum absolute atomic E-state index is 0.0553. The SMILES string of the molecule is CCN(Cc1ccccc1)C(=O)CNC(=NC)NCCn1cccc1. The molecule has 1 heterocycles. The second-order valence-electron chi connectivity index (χ2n) is 5.67. The molecule has 0 atom stereocenters. The fourth-order valence-corrected chi connectivity index (χ4v) is 2.49. The van der Waals surface area contributed by atoms with Crippen molar-refractivity contribution in [1.82, 2.24) is 20.1 Å². The molecule has 0 unspecified atom stereocenters. The minimum atomic E-state index is 0.0553. The molecule has 2 aromatic rings. The number of amides is 1. The van der Waals surface area contributed by atoms with Crippen molar-refractivity contribution in [2.24, 2.45) is 4.99 Å². The van der Waals surface area contributed by atoms with Crippen LogP contribution in [0.4, 0.5) is 0 Å². The number of guanidine groups is 1. The van der Waals surface area contributed by atoms with E-state index in [0.717, 1.165) is 18.7 Å². The van der Waals surface area contributed by atoms with Crippen molar-refractivity contribution in [3.8, 4) is 0 Å². The van der Waals surface area contributed by atoms with Crippen LogP contribution in [0.5, 0.6) is 0 Å². The van der Waals surface area contributed by atoms with E-state index in [4.69, 9.17) is 0 Å². The highest BCUT2D eigenvalue weighted by atomic mass is 16.2. The van der Waals surface area contributed by atoms with Crippen LogP contribution < -0.4 is 10.6 Å². The van der Waals surface area contributed by atoms with Crippen LogP contribution in [0.2, 0.25) is 0 Å². The monoisotopic (exact) mass is 341 g/mol. The summed E-state index contributed by atoms with van der Waals surface area (Å²) >= 11 is 0. The first-order valence-corrected chi connectivity index (χ1v) is 8.60. The Labute approximate surface area is 149 Å². The molecule has 0 fully saturated rings. The van der Waals surface area contributed by atoms with Crippen LogP contribution in [0.3, 0.4) is 0 Å². The quantitative estimate of drug-likeness (QED) is 0.567. The van der Waals surface area contributed by atoms with E-state index in [1.165, 1.54) is 0 Å². The lowest BCUT2D eigenvalue weighted by molar-refractivity contribution is -0.130. The van der Waals surface area contributed by atoms with Crippen molar-refractivity contribution in [3.63, 3.8) is 0 Å². The Morgan fingerprint density at radius 3 is 2.48 bits per heavy atom. The van der Waals surface area contributed by atoms with E-state index in [9.17, 15) is 4.79 Å². The van der Waals surface area contributed by atoms with E-state index >= 15 is 0 Å². The van der Waals surface area contributed by atoms with Crippen molar-refractivity contribution in [3.05, 3.63) is 60.4 Å². The van der Waals surface area contributed by atoms with Crippen LogP contribution in [0.15, 0.2) is 59.9 Å². The molecule has 0 aliphatic rings. The maximum Gasteiger partial charge on any atom is 0.242 e. The van der Waals surface area contributed by atoms with Crippen LogP contribution in [-0.2, 0) is 17.9 Å². The van der Waals surface area contributed by atoms with E-state index in [-0.39, 0.29) is 12.5 Å². The molecule has 6 nitrogen and oxygen atoms in total. The van der Waals surface area contributed by atoms with Crippen LogP contribution in [0.1, 0.15) is 12.5 Å². The van der Waals surface area contributed by atoms with E-state index in [1.54, 1.807) is 7.05 Å². The van der Waals surface area contributed by atoms with E-state index < -0.39 is 0 Å². The van der Waals surface area contributed by atoms with Gasteiger partial charge >= 0.3 is 0 Å². The molecule has 0 aliphatic carbocycles. The summed E-state index contributed by atoms with van der Waals surface area (Å²) < 4.78 is 2.09. The molecule has 25 heavy (non-hydrogen) atoms. The highest BCUT2D eigenvalue weighted by Crippen LogP contribution is 2.04. The predicted octanol–water partition coefficient (Wildman–Crippen LogP) is 1.70. The fourth-order valence-electron chi connectivity index (χ4n) is 2.49. The number of aliphatic imine (C=N–C) groups is 1. The second kappa shape index (κ2) is 10.2. The number of rotatable bonds is 8. The normalized spacial score (nSPS) is 11.2. The van der Waals surface area contributed by atoms with Gasteiger partial charge in [0.25, 0.3) is 0 Å². The largest absolute Gasteiger partial charge is 0.355 e.